The monoisotopic (exact) mass is 560 g/mol. The summed E-state index contributed by atoms with van der Waals surface area (Å²) in [4.78, 5) is 4.89. The topological polar surface area (TPSA) is 17.8 Å². The van der Waals surface area contributed by atoms with Crippen LogP contribution in [0.25, 0.3) is 60.9 Å². The van der Waals surface area contributed by atoms with Gasteiger partial charge in [-0.25, -0.2) is 0 Å². The Balaban J connectivity index is 1.24. The van der Waals surface area contributed by atoms with Crippen LogP contribution in [0.2, 0.25) is 0 Å². The van der Waals surface area contributed by atoms with E-state index in [9.17, 15) is 0 Å². The van der Waals surface area contributed by atoms with E-state index in [-0.39, 0.29) is 5.92 Å². The predicted molar refractivity (Wildman–Crippen MR) is 182 cm³/mol. The summed E-state index contributed by atoms with van der Waals surface area (Å²) < 4.78 is 2.43. The molecule has 1 aliphatic carbocycles. The molecule has 0 saturated heterocycles. The highest BCUT2D eigenvalue weighted by atomic mass is 15.0. The van der Waals surface area contributed by atoms with Crippen LogP contribution in [0.3, 0.4) is 0 Å². The summed E-state index contributed by atoms with van der Waals surface area (Å²) in [6, 6.07) is 57.1. The number of para-hydroxylation sites is 2. The summed E-state index contributed by atoms with van der Waals surface area (Å²) in [5, 5.41) is 2.52. The van der Waals surface area contributed by atoms with Gasteiger partial charge in [0.25, 0.3) is 0 Å². The number of hydrogen-bond donors (Lipinski definition) is 0. The average molecular weight is 561 g/mol. The smallest absolute Gasteiger partial charge is 0.0601 e. The van der Waals surface area contributed by atoms with Crippen molar-refractivity contribution in [1.82, 2.24) is 9.55 Å². The summed E-state index contributed by atoms with van der Waals surface area (Å²) in [7, 11) is 0. The number of nitrogens with zero attached hydrogens (tertiary/aromatic N) is 2. The first-order valence-corrected chi connectivity index (χ1v) is 15.2. The molecule has 0 amide bonds. The molecule has 0 aliphatic heterocycles. The number of rotatable bonds is 4. The second-order valence-electron chi connectivity index (χ2n) is 11.5. The van der Waals surface area contributed by atoms with E-state index in [1.54, 1.807) is 0 Å². The predicted octanol–water partition coefficient (Wildman–Crippen LogP) is 10.7. The van der Waals surface area contributed by atoms with Gasteiger partial charge >= 0.3 is 0 Å². The molecule has 8 aromatic rings. The van der Waals surface area contributed by atoms with Crippen LogP contribution in [0.15, 0.2) is 164 Å². The fourth-order valence-corrected chi connectivity index (χ4v) is 7.17. The molecule has 2 nitrogen and oxygen atoms in total. The SMILES string of the molecule is c1ccc(-c2ccc3c(c2)c2ccccc2n3-c2ccccc2-c2ccc3c(c2)-c2cccnc2[C@H]3c2ccccc2)cc1. The molecule has 2 heteroatoms. The lowest BCUT2D eigenvalue weighted by Gasteiger charge is -2.16. The number of fused-ring (bicyclic) bond motifs is 6. The second-order valence-corrected chi connectivity index (χ2v) is 11.5. The van der Waals surface area contributed by atoms with Crippen LogP contribution in [-0.2, 0) is 0 Å². The zero-order valence-corrected chi connectivity index (χ0v) is 24.1. The molecule has 0 bridgehead atoms. The molecule has 0 spiro atoms. The quantitative estimate of drug-likeness (QED) is 0.209. The van der Waals surface area contributed by atoms with Crippen LogP contribution in [0, 0.1) is 0 Å². The third kappa shape index (κ3) is 3.78. The zero-order chi connectivity index (χ0) is 29.0. The first-order chi connectivity index (χ1) is 21.8. The second kappa shape index (κ2) is 9.93. The Kier molecular flexibility index (Phi) is 5.60. The molecule has 2 heterocycles. The molecular weight excluding hydrogens is 532 g/mol. The van der Waals surface area contributed by atoms with Gasteiger partial charge in [0.15, 0.2) is 0 Å². The van der Waals surface area contributed by atoms with Crippen LogP contribution in [0.4, 0.5) is 0 Å². The number of pyridine rings is 1. The van der Waals surface area contributed by atoms with Gasteiger partial charge in [0.1, 0.15) is 0 Å². The zero-order valence-electron chi connectivity index (χ0n) is 24.1. The van der Waals surface area contributed by atoms with Gasteiger partial charge < -0.3 is 4.57 Å². The van der Waals surface area contributed by atoms with Gasteiger partial charge in [-0.15, -0.1) is 0 Å². The van der Waals surface area contributed by atoms with Crippen molar-refractivity contribution in [2.24, 2.45) is 0 Å². The number of aromatic nitrogens is 2. The van der Waals surface area contributed by atoms with Gasteiger partial charge in [-0.2, -0.15) is 0 Å². The van der Waals surface area contributed by atoms with Gasteiger partial charge in [0.05, 0.1) is 28.3 Å². The summed E-state index contributed by atoms with van der Waals surface area (Å²) in [5.74, 6) is 0.142. The molecule has 0 saturated carbocycles. The highest BCUT2D eigenvalue weighted by molar-refractivity contribution is 6.11. The van der Waals surface area contributed by atoms with Crippen LogP contribution in [0.5, 0.6) is 0 Å². The molecule has 2 aromatic heterocycles. The molecule has 0 radical (unpaired) electrons. The summed E-state index contributed by atoms with van der Waals surface area (Å²) in [6.45, 7) is 0. The normalized spacial score (nSPS) is 13.7. The maximum absolute atomic E-state index is 4.89. The van der Waals surface area contributed by atoms with E-state index in [2.05, 4.69) is 162 Å². The van der Waals surface area contributed by atoms with E-state index < -0.39 is 0 Å². The minimum atomic E-state index is 0.142. The van der Waals surface area contributed by atoms with E-state index in [1.807, 2.05) is 6.20 Å². The lowest BCUT2D eigenvalue weighted by molar-refractivity contribution is 0.954. The van der Waals surface area contributed by atoms with Crippen LogP contribution in [0.1, 0.15) is 22.7 Å². The van der Waals surface area contributed by atoms with Crippen molar-refractivity contribution in [3.8, 4) is 39.1 Å². The molecule has 0 fully saturated rings. The van der Waals surface area contributed by atoms with Gasteiger partial charge in [-0.1, -0.05) is 121 Å². The maximum Gasteiger partial charge on any atom is 0.0601 e. The Labute approximate surface area is 256 Å². The van der Waals surface area contributed by atoms with E-state index in [1.165, 1.54) is 72.0 Å². The van der Waals surface area contributed by atoms with Gasteiger partial charge in [-0.05, 0) is 69.8 Å². The minimum Gasteiger partial charge on any atom is -0.309 e. The fourth-order valence-electron chi connectivity index (χ4n) is 7.17. The Morgan fingerprint density at radius 1 is 0.455 bits per heavy atom. The molecule has 206 valence electrons. The Hall–Kier alpha value is -5.73. The highest BCUT2D eigenvalue weighted by Crippen LogP contribution is 2.48. The average Bonchev–Trinajstić information content (AvgIpc) is 3.61. The minimum absolute atomic E-state index is 0.142. The molecule has 44 heavy (non-hydrogen) atoms. The number of benzene rings is 6. The van der Waals surface area contributed by atoms with Crippen molar-refractivity contribution in [2.45, 2.75) is 5.92 Å². The third-order valence-corrected chi connectivity index (χ3v) is 9.14. The molecule has 1 atom stereocenters. The molecule has 6 aromatic carbocycles. The van der Waals surface area contributed by atoms with E-state index in [0.717, 1.165) is 5.69 Å². The van der Waals surface area contributed by atoms with Crippen molar-refractivity contribution in [2.75, 3.05) is 0 Å². The first kappa shape index (κ1) is 24.8. The summed E-state index contributed by atoms with van der Waals surface area (Å²) >= 11 is 0. The summed E-state index contributed by atoms with van der Waals surface area (Å²) in [5.41, 5.74) is 14.7. The maximum atomic E-state index is 4.89. The van der Waals surface area contributed by atoms with Crippen LogP contribution in [-0.4, -0.2) is 9.55 Å². The van der Waals surface area contributed by atoms with Gasteiger partial charge in [0, 0.05) is 28.1 Å². The standard InChI is InChI=1S/C42H28N2/c1-3-12-28(13-4-1)30-22-24-40-37(26-30)33-17-8-10-20-39(33)44(40)38-19-9-7-16-32(38)31-21-23-34-36(27-31)35-18-11-25-43-42(35)41(34)29-14-5-2-6-15-29/h1-27,41H/t41-/m0/s1. The Morgan fingerprint density at radius 2 is 1.16 bits per heavy atom. The van der Waals surface area contributed by atoms with E-state index >= 15 is 0 Å². The van der Waals surface area contributed by atoms with Crippen LogP contribution >= 0.6 is 0 Å². The van der Waals surface area contributed by atoms with Crippen molar-refractivity contribution < 1.29 is 0 Å². The summed E-state index contributed by atoms with van der Waals surface area (Å²) in [6.07, 6.45) is 1.92. The van der Waals surface area contributed by atoms with E-state index in [4.69, 9.17) is 4.98 Å². The van der Waals surface area contributed by atoms with E-state index in [0.29, 0.717) is 0 Å². The first-order valence-electron chi connectivity index (χ1n) is 15.2. The molecular formula is C42H28N2. The Morgan fingerprint density at radius 3 is 2.05 bits per heavy atom. The lowest BCUT2D eigenvalue weighted by atomic mass is 9.90. The number of hydrogen-bond acceptors (Lipinski definition) is 1. The van der Waals surface area contributed by atoms with Crippen molar-refractivity contribution in [3.63, 3.8) is 0 Å². The van der Waals surface area contributed by atoms with Gasteiger partial charge in [-0.3, -0.25) is 4.98 Å². The van der Waals surface area contributed by atoms with Crippen molar-refractivity contribution in [3.05, 3.63) is 181 Å². The largest absolute Gasteiger partial charge is 0.309 e. The third-order valence-electron chi connectivity index (χ3n) is 9.14. The fraction of sp³-hybridized carbons (Fsp3) is 0.0238. The van der Waals surface area contributed by atoms with Crippen molar-refractivity contribution >= 4 is 21.8 Å². The van der Waals surface area contributed by atoms with Crippen LogP contribution < -0.4 is 0 Å². The molecule has 1 aliphatic rings. The highest BCUT2D eigenvalue weighted by Gasteiger charge is 2.31. The molecule has 0 unspecified atom stereocenters. The van der Waals surface area contributed by atoms with Gasteiger partial charge in [0.2, 0.25) is 0 Å². The lowest BCUT2D eigenvalue weighted by Crippen LogP contribution is -2.01. The molecule has 9 rings (SSSR count). The Bertz CT molecular complexity index is 2330. The van der Waals surface area contributed by atoms with Crippen molar-refractivity contribution in [1.29, 1.82) is 0 Å². The molecule has 0 N–H and O–H groups in total.